The summed E-state index contributed by atoms with van der Waals surface area (Å²) >= 11 is 0. The lowest BCUT2D eigenvalue weighted by Gasteiger charge is -2.34. The standard InChI is InChI=1S/C13H16F2N2O2/c1-8(16)11-7-17(5-6-19-11)13(18)9-3-2-4-10(14)12(9)15/h2-4,8,11H,5-7,16H2,1H3/t8-,11-/m1/s1. The van der Waals surface area contributed by atoms with Crippen LogP contribution in [0.1, 0.15) is 17.3 Å². The number of benzene rings is 1. The molecule has 0 bridgehead atoms. The number of nitrogens with zero attached hydrogens (tertiary/aromatic N) is 1. The van der Waals surface area contributed by atoms with E-state index >= 15 is 0 Å². The summed E-state index contributed by atoms with van der Waals surface area (Å²) < 4.78 is 32.1. The van der Waals surface area contributed by atoms with Crippen LogP contribution in [0.5, 0.6) is 0 Å². The van der Waals surface area contributed by atoms with Gasteiger partial charge in [0.2, 0.25) is 0 Å². The van der Waals surface area contributed by atoms with Gasteiger partial charge < -0.3 is 15.4 Å². The molecule has 0 unspecified atom stereocenters. The van der Waals surface area contributed by atoms with Crippen molar-refractivity contribution >= 4 is 5.91 Å². The number of carbonyl (C=O) groups is 1. The molecule has 1 aromatic rings. The highest BCUT2D eigenvalue weighted by atomic mass is 19.2. The van der Waals surface area contributed by atoms with Gasteiger partial charge in [-0.3, -0.25) is 4.79 Å². The molecule has 104 valence electrons. The number of hydrogen-bond acceptors (Lipinski definition) is 3. The molecule has 0 spiro atoms. The normalized spacial score (nSPS) is 21.3. The fourth-order valence-electron chi connectivity index (χ4n) is 2.02. The van der Waals surface area contributed by atoms with E-state index in [0.717, 1.165) is 6.07 Å². The number of ether oxygens (including phenoxy) is 1. The zero-order chi connectivity index (χ0) is 14.0. The Morgan fingerprint density at radius 2 is 2.26 bits per heavy atom. The number of nitrogens with two attached hydrogens (primary N) is 1. The van der Waals surface area contributed by atoms with E-state index in [-0.39, 0.29) is 24.3 Å². The van der Waals surface area contributed by atoms with E-state index in [9.17, 15) is 13.6 Å². The molecule has 2 rings (SSSR count). The summed E-state index contributed by atoms with van der Waals surface area (Å²) in [6.07, 6.45) is -0.283. The Balaban J connectivity index is 2.17. The van der Waals surface area contributed by atoms with Gasteiger partial charge in [0.1, 0.15) is 0 Å². The van der Waals surface area contributed by atoms with Crippen LogP contribution < -0.4 is 5.73 Å². The molecule has 1 saturated heterocycles. The highest BCUT2D eigenvalue weighted by Crippen LogP contribution is 2.16. The van der Waals surface area contributed by atoms with Gasteiger partial charge in [0.05, 0.1) is 18.3 Å². The van der Waals surface area contributed by atoms with Crippen LogP contribution in [0.2, 0.25) is 0 Å². The third-order valence-corrected chi connectivity index (χ3v) is 3.15. The first-order valence-electron chi connectivity index (χ1n) is 6.11. The lowest BCUT2D eigenvalue weighted by Crippen LogP contribution is -2.51. The minimum Gasteiger partial charge on any atom is -0.373 e. The average molecular weight is 270 g/mol. The van der Waals surface area contributed by atoms with Crippen molar-refractivity contribution < 1.29 is 18.3 Å². The third-order valence-electron chi connectivity index (χ3n) is 3.15. The van der Waals surface area contributed by atoms with Crippen molar-refractivity contribution in [3.63, 3.8) is 0 Å². The molecule has 19 heavy (non-hydrogen) atoms. The maximum Gasteiger partial charge on any atom is 0.257 e. The molecule has 2 atom stereocenters. The number of halogens is 2. The number of amides is 1. The zero-order valence-corrected chi connectivity index (χ0v) is 10.6. The van der Waals surface area contributed by atoms with Crippen LogP contribution in [-0.2, 0) is 4.74 Å². The summed E-state index contributed by atoms with van der Waals surface area (Å²) in [7, 11) is 0. The van der Waals surface area contributed by atoms with Crippen LogP contribution in [0, 0.1) is 11.6 Å². The van der Waals surface area contributed by atoms with Crippen molar-refractivity contribution in [2.45, 2.75) is 19.1 Å². The minimum absolute atomic E-state index is 0.229. The summed E-state index contributed by atoms with van der Waals surface area (Å²) in [6.45, 7) is 2.75. The highest BCUT2D eigenvalue weighted by molar-refractivity contribution is 5.94. The molecule has 4 nitrogen and oxygen atoms in total. The molecule has 1 aliphatic rings. The lowest BCUT2D eigenvalue weighted by molar-refractivity contribution is -0.0301. The second-order valence-electron chi connectivity index (χ2n) is 4.62. The number of rotatable bonds is 2. The van der Waals surface area contributed by atoms with Crippen LogP contribution in [-0.4, -0.2) is 42.6 Å². The van der Waals surface area contributed by atoms with E-state index in [1.165, 1.54) is 17.0 Å². The van der Waals surface area contributed by atoms with E-state index in [2.05, 4.69) is 0 Å². The zero-order valence-electron chi connectivity index (χ0n) is 10.6. The maximum absolute atomic E-state index is 13.6. The van der Waals surface area contributed by atoms with Crippen molar-refractivity contribution in [3.05, 3.63) is 35.4 Å². The van der Waals surface area contributed by atoms with Gasteiger partial charge in [-0.05, 0) is 19.1 Å². The van der Waals surface area contributed by atoms with Gasteiger partial charge in [-0.25, -0.2) is 8.78 Å². The van der Waals surface area contributed by atoms with Crippen LogP contribution in [0.25, 0.3) is 0 Å². The Morgan fingerprint density at radius 1 is 1.53 bits per heavy atom. The number of carbonyl (C=O) groups excluding carboxylic acids is 1. The van der Waals surface area contributed by atoms with Gasteiger partial charge in [0.25, 0.3) is 5.91 Å². The van der Waals surface area contributed by atoms with Crippen LogP contribution in [0.4, 0.5) is 8.78 Å². The first kappa shape index (κ1) is 13.9. The van der Waals surface area contributed by atoms with Crippen molar-refractivity contribution in [1.82, 2.24) is 4.90 Å². The molecule has 0 aromatic heterocycles. The molecule has 2 N–H and O–H groups in total. The number of morpholine rings is 1. The molecule has 0 aliphatic carbocycles. The predicted octanol–water partition coefficient (Wildman–Crippen LogP) is 1.15. The Bertz CT molecular complexity index is 480. The lowest BCUT2D eigenvalue weighted by atomic mass is 10.1. The van der Waals surface area contributed by atoms with Gasteiger partial charge in [0, 0.05) is 19.1 Å². The summed E-state index contributed by atoms with van der Waals surface area (Å²) in [5.74, 6) is -2.68. The first-order valence-corrected chi connectivity index (χ1v) is 6.11. The van der Waals surface area contributed by atoms with Gasteiger partial charge in [-0.1, -0.05) is 6.07 Å². The maximum atomic E-state index is 13.6. The van der Waals surface area contributed by atoms with E-state index in [1.54, 1.807) is 6.92 Å². The van der Waals surface area contributed by atoms with Crippen LogP contribution in [0.15, 0.2) is 18.2 Å². The highest BCUT2D eigenvalue weighted by Gasteiger charge is 2.28. The summed E-state index contributed by atoms with van der Waals surface area (Å²) in [6, 6.07) is 3.34. The number of hydrogen-bond donors (Lipinski definition) is 1. The van der Waals surface area contributed by atoms with Crippen LogP contribution in [0.3, 0.4) is 0 Å². The molecule has 0 saturated carbocycles. The van der Waals surface area contributed by atoms with Crippen molar-refractivity contribution in [2.24, 2.45) is 5.73 Å². The Kier molecular flexibility index (Phi) is 4.11. The SMILES string of the molecule is C[C@@H](N)[C@H]1CN(C(=O)c2cccc(F)c2F)CCO1. The molecule has 1 aromatic carbocycles. The molecular weight excluding hydrogens is 254 g/mol. The first-order chi connectivity index (χ1) is 9.00. The fraction of sp³-hybridized carbons (Fsp3) is 0.462. The second kappa shape index (κ2) is 5.63. The Hall–Kier alpha value is -1.53. The topological polar surface area (TPSA) is 55.6 Å². The van der Waals surface area contributed by atoms with Crippen molar-refractivity contribution in [1.29, 1.82) is 0 Å². The molecular formula is C13H16F2N2O2. The summed E-state index contributed by atoms with van der Waals surface area (Å²) in [4.78, 5) is 13.6. The van der Waals surface area contributed by atoms with Gasteiger partial charge in [-0.15, -0.1) is 0 Å². The molecule has 0 radical (unpaired) electrons. The smallest absolute Gasteiger partial charge is 0.257 e. The molecule has 1 fully saturated rings. The van der Waals surface area contributed by atoms with Gasteiger partial charge >= 0.3 is 0 Å². The molecule has 1 amide bonds. The van der Waals surface area contributed by atoms with Gasteiger partial charge in [-0.2, -0.15) is 0 Å². The second-order valence-corrected chi connectivity index (χ2v) is 4.62. The van der Waals surface area contributed by atoms with Crippen LogP contribution >= 0.6 is 0 Å². The third kappa shape index (κ3) is 2.90. The Labute approximate surface area is 110 Å². The summed E-state index contributed by atoms with van der Waals surface area (Å²) in [5, 5.41) is 0. The van der Waals surface area contributed by atoms with Crippen molar-refractivity contribution in [3.8, 4) is 0 Å². The fourth-order valence-corrected chi connectivity index (χ4v) is 2.02. The van der Waals surface area contributed by atoms with E-state index in [1.807, 2.05) is 0 Å². The van der Waals surface area contributed by atoms with Gasteiger partial charge in [0.15, 0.2) is 11.6 Å². The average Bonchev–Trinajstić information content (AvgIpc) is 2.41. The predicted molar refractivity (Wildman–Crippen MR) is 65.7 cm³/mol. The van der Waals surface area contributed by atoms with E-state index < -0.39 is 17.5 Å². The van der Waals surface area contributed by atoms with E-state index in [4.69, 9.17) is 10.5 Å². The van der Waals surface area contributed by atoms with E-state index in [0.29, 0.717) is 13.2 Å². The van der Waals surface area contributed by atoms with Crippen molar-refractivity contribution in [2.75, 3.05) is 19.7 Å². The quantitative estimate of drug-likeness (QED) is 0.877. The molecule has 6 heteroatoms. The Morgan fingerprint density at radius 3 is 2.95 bits per heavy atom. The monoisotopic (exact) mass is 270 g/mol. The minimum atomic E-state index is -1.11. The largest absolute Gasteiger partial charge is 0.373 e. The molecule has 1 heterocycles. The molecule has 1 aliphatic heterocycles. The summed E-state index contributed by atoms with van der Waals surface area (Å²) in [5.41, 5.74) is 5.47.